The van der Waals surface area contributed by atoms with Gasteiger partial charge in [0.1, 0.15) is 0 Å². The zero-order chi connectivity index (χ0) is 17.5. The number of rotatable bonds is 6. The quantitative estimate of drug-likeness (QED) is 0.779. The summed E-state index contributed by atoms with van der Waals surface area (Å²) in [5, 5.41) is 6.29. The van der Waals surface area contributed by atoms with Crippen LogP contribution in [0.1, 0.15) is 59.3 Å². The molecule has 0 aromatic rings. The summed E-state index contributed by atoms with van der Waals surface area (Å²) in [5.41, 5.74) is 0.0428. The number of hydrogen-bond acceptors (Lipinski definition) is 3. The molecule has 5 nitrogen and oxygen atoms in total. The number of likely N-dealkylation sites (N-methyl/N-ethyl adjacent to an activating group) is 1. The largest absolute Gasteiger partial charge is 0.353 e. The van der Waals surface area contributed by atoms with Crippen molar-refractivity contribution in [3.05, 3.63) is 0 Å². The number of carbonyl (C=O) groups is 2. The van der Waals surface area contributed by atoms with Gasteiger partial charge in [0, 0.05) is 11.6 Å². The summed E-state index contributed by atoms with van der Waals surface area (Å²) in [6, 6.07) is -0.155. The van der Waals surface area contributed by atoms with E-state index in [-0.39, 0.29) is 36.0 Å². The number of amides is 2. The van der Waals surface area contributed by atoms with Crippen LogP contribution in [0.3, 0.4) is 0 Å². The minimum Gasteiger partial charge on any atom is -0.353 e. The van der Waals surface area contributed by atoms with Crippen LogP contribution < -0.4 is 10.6 Å². The Labute approximate surface area is 145 Å². The second kappa shape index (κ2) is 6.66. The van der Waals surface area contributed by atoms with Gasteiger partial charge in [-0.3, -0.25) is 14.5 Å². The first-order valence-corrected chi connectivity index (χ1v) is 9.58. The molecule has 5 heteroatoms. The maximum Gasteiger partial charge on any atom is 0.237 e. The van der Waals surface area contributed by atoms with E-state index in [1.165, 1.54) is 19.3 Å². The van der Waals surface area contributed by atoms with E-state index in [2.05, 4.69) is 10.6 Å². The van der Waals surface area contributed by atoms with E-state index in [1.807, 2.05) is 32.7 Å². The van der Waals surface area contributed by atoms with Gasteiger partial charge in [0.05, 0.1) is 12.6 Å². The van der Waals surface area contributed by atoms with Gasteiger partial charge in [-0.15, -0.1) is 0 Å². The SMILES string of the molecule is CC(C)NC(=O)CN(C)[C@@H](C)C(=O)NC12CC3CC(CC(C3)C1)C2. The van der Waals surface area contributed by atoms with E-state index in [1.54, 1.807) is 0 Å². The third-order valence-corrected chi connectivity index (χ3v) is 6.31. The van der Waals surface area contributed by atoms with Gasteiger partial charge in [-0.2, -0.15) is 0 Å². The van der Waals surface area contributed by atoms with Gasteiger partial charge in [-0.1, -0.05) is 0 Å². The van der Waals surface area contributed by atoms with Crippen LogP contribution in [0.5, 0.6) is 0 Å². The third-order valence-electron chi connectivity index (χ3n) is 6.31. The van der Waals surface area contributed by atoms with Crippen molar-refractivity contribution in [1.82, 2.24) is 15.5 Å². The predicted molar refractivity (Wildman–Crippen MR) is 94.4 cm³/mol. The second-order valence-corrected chi connectivity index (χ2v) is 9.00. The van der Waals surface area contributed by atoms with Crippen LogP contribution in [-0.2, 0) is 9.59 Å². The van der Waals surface area contributed by atoms with E-state index in [4.69, 9.17) is 0 Å². The maximum absolute atomic E-state index is 12.8. The average molecular weight is 335 g/mol. The molecule has 0 heterocycles. The Morgan fingerprint density at radius 1 is 1.04 bits per heavy atom. The first-order valence-electron chi connectivity index (χ1n) is 9.58. The molecule has 0 aromatic heterocycles. The van der Waals surface area contributed by atoms with Crippen LogP contribution in [0.4, 0.5) is 0 Å². The van der Waals surface area contributed by atoms with Crippen molar-refractivity contribution in [2.75, 3.05) is 13.6 Å². The Bertz CT molecular complexity index is 468. The first-order chi connectivity index (χ1) is 11.3. The molecule has 0 radical (unpaired) electrons. The lowest BCUT2D eigenvalue weighted by Gasteiger charge is -2.57. The van der Waals surface area contributed by atoms with Crippen LogP contribution in [0.25, 0.3) is 0 Å². The van der Waals surface area contributed by atoms with E-state index < -0.39 is 0 Å². The van der Waals surface area contributed by atoms with Crippen molar-refractivity contribution in [2.24, 2.45) is 17.8 Å². The Morgan fingerprint density at radius 3 is 2.00 bits per heavy atom. The van der Waals surface area contributed by atoms with Gasteiger partial charge in [0.2, 0.25) is 11.8 Å². The van der Waals surface area contributed by atoms with Gasteiger partial charge in [-0.05, 0) is 84.1 Å². The summed E-state index contributed by atoms with van der Waals surface area (Å²) in [6.45, 7) is 6.05. The monoisotopic (exact) mass is 335 g/mol. The van der Waals surface area contributed by atoms with E-state index >= 15 is 0 Å². The van der Waals surface area contributed by atoms with E-state index in [0.29, 0.717) is 0 Å². The maximum atomic E-state index is 12.8. The Balaban J connectivity index is 1.55. The molecular weight excluding hydrogens is 302 g/mol. The molecule has 1 atom stereocenters. The predicted octanol–water partition coefficient (Wildman–Crippen LogP) is 1.92. The molecule has 136 valence electrons. The van der Waals surface area contributed by atoms with Crippen LogP contribution in [0.2, 0.25) is 0 Å². The molecule has 2 amide bonds. The fourth-order valence-electron chi connectivity index (χ4n) is 5.56. The molecule has 0 aliphatic heterocycles. The Hall–Kier alpha value is -1.10. The van der Waals surface area contributed by atoms with Crippen molar-refractivity contribution in [3.63, 3.8) is 0 Å². The third kappa shape index (κ3) is 3.76. The summed E-state index contributed by atoms with van der Waals surface area (Å²) in [5.74, 6) is 2.52. The molecule has 4 aliphatic carbocycles. The van der Waals surface area contributed by atoms with Gasteiger partial charge >= 0.3 is 0 Å². The smallest absolute Gasteiger partial charge is 0.237 e. The zero-order valence-electron chi connectivity index (χ0n) is 15.6. The minimum absolute atomic E-state index is 0.0260. The van der Waals surface area contributed by atoms with Crippen LogP contribution in [-0.4, -0.2) is 47.9 Å². The number of nitrogens with one attached hydrogen (secondary N) is 2. The lowest BCUT2D eigenvalue weighted by molar-refractivity contribution is -0.132. The summed E-state index contributed by atoms with van der Waals surface area (Å²) in [4.78, 5) is 26.5. The average Bonchev–Trinajstić information content (AvgIpc) is 2.43. The molecule has 4 rings (SSSR count). The lowest BCUT2D eigenvalue weighted by atomic mass is 9.53. The van der Waals surface area contributed by atoms with Crippen LogP contribution in [0, 0.1) is 17.8 Å². The molecule has 0 spiro atoms. The molecule has 0 saturated heterocycles. The normalized spacial score (nSPS) is 35.3. The van der Waals surface area contributed by atoms with Crippen molar-refractivity contribution in [3.8, 4) is 0 Å². The molecule has 4 aliphatic rings. The standard InChI is InChI=1S/C19H33N3O2/c1-12(2)20-17(23)11-22(4)13(3)18(24)21-19-8-14-5-15(9-19)7-16(6-14)10-19/h12-16H,5-11H2,1-4H3,(H,20,23)(H,21,24)/t13-,14?,15?,16?,19?/m0/s1. The second-order valence-electron chi connectivity index (χ2n) is 9.00. The van der Waals surface area contributed by atoms with Crippen molar-refractivity contribution in [2.45, 2.75) is 76.9 Å². The molecule has 0 unspecified atom stereocenters. The van der Waals surface area contributed by atoms with Gasteiger partial charge in [0.25, 0.3) is 0 Å². The molecule has 4 bridgehead atoms. The summed E-state index contributed by atoms with van der Waals surface area (Å²) in [7, 11) is 1.85. The zero-order valence-corrected chi connectivity index (χ0v) is 15.6. The van der Waals surface area contributed by atoms with Crippen molar-refractivity contribution >= 4 is 11.8 Å². The van der Waals surface area contributed by atoms with Gasteiger partial charge in [-0.25, -0.2) is 0 Å². The summed E-state index contributed by atoms with van der Waals surface area (Å²) in [6.07, 6.45) is 7.61. The van der Waals surface area contributed by atoms with Crippen molar-refractivity contribution in [1.29, 1.82) is 0 Å². The molecular formula is C19H33N3O2. The van der Waals surface area contributed by atoms with E-state index in [0.717, 1.165) is 37.0 Å². The van der Waals surface area contributed by atoms with Crippen LogP contribution in [0.15, 0.2) is 0 Å². The highest BCUT2D eigenvalue weighted by Crippen LogP contribution is 2.55. The number of carbonyl (C=O) groups excluding carboxylic acids is 2. The molecule has 4 fully saturated rings. The van der Waals surface area contributed by atoms with Gasteiger partial charge < -0.3 is 10.6 Å². The number of hydrogen-bond donors (Lipinski definition) is 2. The van der Waals surface area contributed by atoms with E-state index in [9.17, 15) is 9.59 Å². The molecule has 4 saturated carbocycles. The highest BCUT2D eigenvalue weighted by Gasteiger charge is 2.51. The lowest BCUT2D eigenvalue weighted by Crippen LogP contribution is -2.62. The molecule has 0 aromatic carbocycles. The molecule has 24 heavy (non-hydrogen) atoms. The Kier molecular flexibility index (Phi) is 4.92. The van der Waals surface area contributed by atoms with Crippen LogP contribution >= 0.6 is 0 Å². The first kappa shape index (κ1) is 17.7. The van der Waals surface area contributed by atoms with Crippen molar-refractivity contribution < 1.29 is 9.59 Å². The fraction of sp³-hybridized carbons (Fsp3) is 0.895. The fourth-order valence-corrected chi connectivity index (χ4v) is 5.56. The number of nitrogens with zero attached hydrogens (tertiary/aromatic N) is 1. The molecule has 2 N–H and O–H groups in total. The van der Waals surface area contributed by atoms with Gasteiger partial charge in [0.15, 0.2) is 0 Å². The highest BCUT2D eigenvalue weighted by molar-refractivity contribution is 5.84. The highest BCUT2D eigenvalue weighted by atomic mass is 16.2. The Morgan fingerprint density at radius 2 is 1.54 bits per heavy atom. The minimum atomic E-state index is -0.282. The summed E-state index contributed by atoms with van der Waals surface area (Å²) < 4.78 is 0. The summed E-state index contributed by atoms with van der Waals surface area (Å²) >= 11 is 0. The topological polar surface area (TPSA) is 61.4 Å².